The van der Waals surface area contributed by atoms with Crippen molar-refractivity contribution in [3.8, 4) is 0 Å². The van der Waals surface area contributed by atoms with E-state index in [1.807, 2.05) is 6.92 Å². The highest BCUT2D eigenvalue weighted by atomic mass is 127. The molecule has 0 saturated carbocycles. The number of aliphatic hydroxyl groups is 1. The zero-order valence-corrected chi connectivity index (χ0v) is 12.7. The van der Waals surface area contributed by atoms with Crippen LogP contribution in [0.25, 0.3) is 0 Å². The third-order valence-corrected chi connectivity index (χ3v) is 3.83. The van der Waals surface area contributed by atoms with Gasteiger partial charge in [-0.2, -0.15) is 0 Å². The monoisotopic (exact) mass is 324 g/mol. The zero-order valence-electron chi connectivity index (χ0n) is 10.5. The molecule has 2 heteroatoms. The highest BCUT2D eigenvalue weighted by Crippen LogP contribution is 2.26. The molecule has 0 aliphatic rings. The van der Waals surface area contributed by atoms with E-state index in [1.54, 1.807) is 0 Å². The summed E-state index contributed by atoms with van der Waals surface area (Å²) in [5.74, 6) is 0.746. The van der Waals surface area contributed by atoms with Crippen LogP contribution >= 0.6 is 22.6 Å². The van der Waals surface area contributed by atoms with E-state index in [9.17, 15) is 5.11 Å². The van der Waals surface area contributed by atoms with E-state index in [0.29, 0.717) is 0 Å². The molecule has 1 atom stereocenters. The van der Waals surface area contributed by atoms with Gasteiger partial charge in [-0.3, -0.25) is 0 Å². The molecule has 15 heavy (non-hydrogen) atoms. The Kier molecular flexibility index (Phi) is 8.81. The quantitative estimate of drug-likeness (QED) is 0.674. The van der Waals surface area contributed by atoms with Crippen LogP contribution in [0, 0.1) is 5.92 Å². The van der Waals surface area contributed by atoms with Crippen molar-refractivity contribution < 1.29 is 5.11 Å². The van der Waals surface area contributed by atoms with E-state index < -0.39 is 0 Å². The maximum atomic E-state index is 9.71. The molecule has 0 bridgehead atoms. The van der Waals surface area contributed by atoms with E-state index in [4.69, 9.17) is 0 Å². The minimum absolute atomic E-state index is 0.268. The molecule has 0 aromatic heterocycles. The lowest BCUT2D eigenvalue weighted by atomic mass is 10.0. The molecule has 0 heterocycles. The number of aliphatic hydroxyl groups excluding tert-OH is 1. The summed E-state index contributed by atoms with van der Waals surface area (Å²) in [6.45, 7) is 8.58. The van der Waals surface area contributed by atoms with E-state index in [2.05, 4.69) is 43.4 Å². The maximum absolute atomic E-state index is 9.71. The first kappa shape index (κ1) is 15.4. The molecule has 0 amide bonds. The Bertz CT molecular complexity index is 195. The van der Waals surface area contributed by atoms with Crippen LogP contribution in [0.1, 0.15) is 59.8 Å². The smallest absolute Gasteiger partial charge is 0.0732 e. The molecule has 0 saturated heterocycles. The van der Waals surface area contributed by atoms with Crippen LogP contribution in [0.2, 0.25) is 0 Å². The molecule has 0 aromatic rings. The van der Waals surface area contributed by atoms with Crippen LogP contribution in [0.5, 0.6) is 0 Å². The molecule has 0 rings (SSSR count). The molecule has 0 aromatic carbocycles. The van der Waals surface area contributed by atoms with Gasteiger partial charge in [-0.05, 0) is 70.3 Å². The van der Waals surface area contributed by atoms with Gasteiger partial charge in [0.2, 0.25) is 0 Å². The molecule has 0 aliphatic heterocycles. The third-order valence-electron chi connectivity index (χ3n) is 2.59. The average molecular weight is 324 g/mol. The predicted molar refractivity (Wildman–Crippen MR) is 76.3 cm³/mol. The van der Waals surface area contributed by atoms with Crippen LogP contribution in [0.4, 0.5) is 0 Å². The van der Waals surface area contributed by atoms with Crippen molar-refractivity contribution in [1.82, 2.24) is 0 Å². The number of rotatable bonds is 7. The van der Waals surface area contributed by atoms with Crippen LogP contribution in [0.3, 0.4) is 0 Å². The van der Waals surface area contributed by atoms with Gasteiger partial charge in [0.05, 0.1) is 6.10 Å². The average Bonchev–Trinajstić information content (AvgIpc) is 2.14. The number of allylic oxidation sites excluding steroid dienone is 1. The highest BCUT2D eigenvalue weighted by Gasteiger charge is 2.10. The largest absolute Gasteiger partial charge is 0.389 e. The minimum Gasteiger partial charge on any atom is -0.389 e. The van der Waals surface area contributed by atoms with Crippen molar-refractivity contribution in [1.29, 1.82) is 0 Å². The second-order valence-corrected chi connectivity index (χ2v) is 5.94. The number of unbranched alkanes of at least 4 members (excludes halogenated alkanes) is 1. The molecule has 0 spiro atoms. The van der Waals surface area contributed by atoms with Gasteiger partial charge in [0.1, 0.15) is 0 Å². The first-order valence-electron chi connectivity index (χ1n) is 6.04. The molecule has 90 valence electrons. The Morgan fingerprint density at radius 2 is 1.80 bits per heavy atom. The Balaban J connectivity index is 4.32. The Morgan fingerprint density at radius 3 is 2.20 bits per heavy atom. The molecule has 0 radical (unpaired) electrons. The molecule has 0 aliphatic carbocycles. The summed E-state index contributed by atoms with van der Waals surface area (Å²) in [4.78, 5) is 0. The Hall–Kier alpha value is 0.430. The first-order valence-corrected chi connectivity index (χ1v) is 7.12. The van der Waals surface area contributed by atoms with Crippen molar-refractivity contribution in [3.63, 3.8) is 0 Å². The molecule has 1 unspecified atom stereocenters. The number of halogens is 1. The molecule has 1 N–H and O–H groups in total. The summed E-state index contributed by atoms with van der Waals surface area (Å²) in [5.41, 5.74) is 1.26. The summed E-state index contributed by atoms with van der Waals surface area (Å²) in [6, 6.07) is 0. The SMILES string of the molecule is CCCC/C(=C(/I)CCC(C)C)C(C)O. The van der Waals surface area contributed by atoms with Gasteiger partial charge in [0.15, 0.2) is 0 Å². The number of hydrogen-bond donors (Lipinski definition) is 1. The van der Waals surface area contributed by atoms with Crippen molar-refractivity contribution >= 4 is 22.6 Å². The van der Waals surface area contributed by atoms with Gasteiger partial charge in [-0.15, -0.1) is 0 Å². The molecule has 0 fully saturated rings. The van der Waals surface area contributed by atoms with Crippen LogP contribution in [0.15, 0.2) is 9.15 Å². The fourth-order valence-corrected chi connectivity index (χ4v) is 2.55. The summed E-state index contributed by atoms with van der Waals surface area (Å²) in [6.07, 6.45) is 5.53. The highest BCUT2D eigenvalue weighted by molar-refractivity contribution is 14.1. The second-order valence-electron chi connectivity index (χ2n) is 4.64. The van der Waals surface area contributed by atoms with Crippen molar-refractivity contribution in [2.45, 2.75) is 65.9 Å². The lowest BCUT2D eigenvalue weighted by Gasteiger charge is -2.14. The number of hydrogen-bond acceptors (Lipinski definition) is 1. The van der Waals surface area contributed by atoms with Gasteiger partial charge in [-0.1, -0.05) is 27.2 Å². The second kappa shape index (κ2) is 8.57. The van der Waals surface area contributed by atoms with Crippen LogP contribution in [-0.2, 0) is 0 Å². The van der Waals surface area contributed by atoms with Crippen molar-refractivity contribution in [2.75, 3.05) is 0 Å². The lowest BCUT2D eigenvalue weighted by molar-refractivity contribution is 0.225. The standard InChI is InChI=1S/C13H25IO/c1-5-6-7-12(11(4)15)13(14)9-8-10(2)3/h10-11,15H,5-9H2,1-4H3/b13-12-. The third kappa shape index (κ3) is 7.34. The topological polar surface area (TPSA) is 20.2 Å². The van der Waals surface area contributed by atoms with Gasteiger partial charge in [-0.25, -0.2) is 0 Å². The summed E-state index contributed by atoms with van der Waals surface area (Å²) < 4.78 is 1.38. The fraction of sp³-hybridized carbons (Fsp3) is 0.846. The normalized spacial score (nSPS) is 15.4. The summed E-state index contributed by atoms with van der Waals surface area (Å²) >= 11 is 2.41. The molecular formula is C13H25IO. The van der Waals surface area contributed by atoms with Gasteiger partial charge in [0.25, 0.3) is 0 Å². The minimum atomic E-state index is -0.268. The Morgan fingerprint density at radius 1 is 1.20 bits per heavy atom. The van der Waals surface area contributed by atoms with Gasteiger partial charge < -0.3 is 5.11 Å². The van der Waals surface area contributed by atoms with E-state index in [-0.39, 0.29) is 6.10 Å². The predicted octanol–water partition coefficient (Wildman–Crippen LogP) is 4.68. The van der Waals surface area contributed by atoms with Crippen LogP contribution < -0.4 is 0 Å². The van der Waals surface area contributed by atoms with E-state index in [1.165, 1.54) is 28.4 Å². The molecule has 1 nitrogen and oxygen atoms in total. The summed E-state index contributed by atoms with van der Waals surface area (Å²) in [5, 5.41) is 9.71. The summed E-state index contributed by atoms with van der Waals surface area (Å²) in [7, 11) is 0. The van der Waals surface area contributed by atoms with Gasteiger partial charge >= 0.3 is 0 Å². The van der Waals surface area contributed by atoms with Crippen LogP contribution in [-0.4, -0.2) is 11.2 Å². The van der Waals surface area contributed by atoms with Crippen molar-refractivity contribution in [3.05, 3.63) is 9.15 Å². The Labute approximate surface area is 108 Å². The fourth-order valence-electron chi connectivity index (χ4n) is 1.51. The van der Waals surface area contributed by atoms with E-state index >= 15 is 0 Å². The molecular weight excluding hydrogens is 299 g/mol. The first-order chi connectivity index (χ1) is 6.99. The zero-order chi connectivity index (χ0) is 11.8. The van der Waals surface area contributed by atoms with E-state index in [0.717, 1.165) is 18.8 Å². The van der Waals surface area contributed by atoms with Crippen molar-refractivity contribution in [2.24, 2.45) is 5.92 Å². The lowest BCUT2D eigenvalue weighted by Crippen LogP contribution is -2.07. The maximum Gasteiger partial charge on any atom is 0.0732 e. The van der Waals surface area contributed by atoms with Gasteiger partial charge in [0, 0.05) is 0 Å².